The number of hydrogen-bond acceptors (Lipinski definition) is 21. The molecule has 38 heteroatoms. The number of carboxylic acid groups (broad SMARTS) is 4. The quantitative estimate of drug-likeness (QED) is 0.0275. The summed E-state index contributed by atoms with van der Waals surface area (Å²) in [6.07, 6.45) is -2.13. The number of carbonyl (C=O) groups excluding carboxylic acids is 12. The highest BCUT2D eigenvalue weighted by Gasteiger charge is 2.39. The van der Waals surface area contributed by atoms with Gasteiger partial charge in [0.2, 0.25) is 70.9 Å². The maximum atomic E-state index is 14.1. The van der Waals surface area contributed by atoms with Gasteiger partial charge >= 0.3 is 23.9 Å². The third-order valence-corrected chi connectivity index (χ3v) is 15.7. The number of para-hydroxylation sites is 1. The van der Waals surface area contributed by atoms with Crippen LogP contribution in [0.2, 0.25) is 0 Å². The van der Waals surface area contributed by atoms with E-state index in [-0.39, 0.29) is 31.6 Å². The lowest BCUT2D eigenvalue weighted by Crippen LogP contribution is -2.63. The Morgan fingerprint density at radius 1 is 0.455 bits per heavy atom. The van der Waals surface area contributed by atoms with Crippen LogP contribution in [0.15, 0.2) is 30.5 Å². The van der Waals surface area contributed by atoms with E-state index in [0.29, 0.717) is 16.5 Å². The van der Waals surface area contributed by atoms with Crippen LogP contribution in [0.1, 0.15) is 106 Å². The van der Waals surface area contributed by atoms with Gasteiger partial charge in [-0.25, -0.2) is 4.79 Å². The van der Waals surface area contributed by atoms with Crippen LogP contribution in [0.5, 0.6) is 0 Å². The number of fused-ring (bicyclic) bond motifs is 1. The second-order valence-electron chi connectivity index (χ2n) is 24.4. The molecule has 2 rings (SSSR count). The van der Waals surface area contributed by atoms with Gasteiger partial charge < -0.3 is 110 Å². The average Bonchev–Trinajstić information content (AvgIpc) is 1.73. The summed E-state index contributed by atoms with van der Waals surface area (Å²) in [4.78, 5) is 214. The maximum absolute atomic E-state index is 14.1. The molecule has 0 aliphatic carbocycles. The number of nitrogens with two attached hydrogens (primary N) is 1. The third-order valence-electron chi connectivity index (χ3n) is 15.4. The van der Waals surface area contributed by atoms with E-state index in [2.05, 4.69) is 81.4 Å². The van der Waals surface area contributed by atoms with Crippen molar-refractivity contribution in [2.45, 2.75) is 179 Å². The number of carboxylic acids is 4. The minimum Gasteiger partial charge on any atom is -0.481 e. The summed E-state index contributed by atoms with van der Waals surface area (Å²) in [5.41, 5.74) is 6.49. The molecule has 0 aliphatic rings. The van der Waals surface area contributed by atoms with Crippen molar-refractivity contribution in [3.05, 3.63) is 36.0 Å². The van der Waals surface area contributed by atoms with Gasteiger partial charge in [-0.15, -0.1) is 0 Å². The lowest BCUT2D eigenvalue weighted by Gasteiger charge is -2.29. The molecule has 2 aromatic rings. The number of carbonyl (C=O) groups is 16. The fourth-order valence-corrected chi connectivity index (χ4v) is 9.85. The number of aliphatic hydroxyl groups is 3. The molecule has 0 saturated heterocycles. The van der Waals surface area contributed by atoms with Crippen LogP contribution in [0.4, 0.5) is 0 Å². The van der Waals surface area contributed by atoms with Gasteiger partial charge in [-0.05, 0) is 54.6 Å². The van der Waals surface area contributed by atoms with E-state index in [4.69, 9.17) is 5.73 Å². The zero-order valence-electron chi connectivity index (χ0n) is 56.0. The number of hydrogen-bond donors (Lipinski definition) is 22. The molecule has 99 heavy (non-hydrogen) atoms. The minimum absolute atomic E-state index is 0.0676. The second-order valence-corrected chi connectivity index (χ2v) is 24.7. The molecule has 22 N–H and O–H groups in total. The number of amides is 12. The van der Waals surface area contributed by atoms with Crippen molar-refractivity contribution >= 4 is 118 Å². The van der Waals surface area contributed by atoms with Gasteiger partial charge in [-0.3, -0.25) is 71.9 Å². The number of thiol groups is 1. The van der Waals surface area contributed by atoms with Gasteiger partial charge in [0, 0.05) is 42.1 Å². The van der Waals surface area contributed by atoms with Crippen molar-refractivity contribution in [1.29, 1.82) is 0 Å². The van der Waals surface area contributed by atoms with E-state index in [1.807, 2.05) is 0 Å². The first-order valence-electron chi connectivity index (χ1n) is 31.7. The fourth-order valence-electron chi connectivity index (χ4n) is 9.59. The first kappa shape index (κ1) is 85.6. The summed E-state index contributed by atoms with van der Waals surface area (Å²) in [5.74, 6) is -22.4. The molecule has 0 fully saturated rings. The smallest absolute Gasteiger partial charge is 0.326 e. The van der Waals surface area contributed by atoms with Crippen molar-refractivity contribution in [3.63, 3.8) is 0 Å². The van der Waals surface area contributed by atoms with Crippen LogP contribution in [0.25, 0.3) is 10.9 Å². The Balaban J connectivity index is 2.31. The van der Waals surface area contributed by atoms with E-state index in [9.17, 15) is 112 Å². The largest absolute Gasteiger partial charge is 0.481 e. The molecule has 552 valence electrons. The average molecular weight is 1420 g/mol. The zero-order chi connectivity index (χ0) is 75.1. The lowest BCUT2D eigenvalue weighted by atomic mass is 9.97. The topological polar surface area (TPSA) is 601 Å². The molecule has 0 spiro atoms. The van der Waals surface area contributed by atoms with Gasteiger partial charge in [-0.1, -0.05) is 80.0 Å². The van der Waals surface area contributed by atoms with E-state index < -0.39 is 243 Å². The highest BCUT2D eigenvalue weighted by molar-refractivity contribution is 7.80. The highest BCUT2D eigenvalue weighted by atomic mass is 32.1. The molecule has 1 aromatic heterocycles. The van der Waals surface area contributed by atoms with Gasteiger partial charge in [0.05, 0.1) is 32.8 Å². The molecule has 0 radical (unpaired) electrons. The van der Waals surface area contributed by atoms with Gasteiger partial charge in [-0.2, -0.15) is 12.6 Å². The van der Waals surface area contributed by atoms with Crippen molar-refractivity contribution in [3.8, 4) is 0 Å². The zero-order valence-corrected chi connectivity index (χ0v) is 56.9. The number of rotatable bonds is 45. The fraction of sp³-hybridized carbons (Fsp3) is 0.607. The summed E-state index contributed by atoms with van der Waals surface area (Å²) in [7, 11) is 0. The predicted molar refractivity (Wildman–Crippen MR) is 352 cm³/mol. The van der Waals surface area contributed by atoms with Crippen molar-refractivity contribution in [2.75, 3.05) is 32.1 Å². The summed E-state index contributed by atoms with van der Waals surface area (Å²) in [6, 6.07) is -13.5. The first-order chi connectivity index (χ1) is 46.5. The number of aliphatic carboxylic acids is 4. The predicted octanol–water partition coefficient (Wildman–Crippen LogP) is -5.91. The number of benzene rings is 1. The van der Waals surface area contributed by atoms with E-state index in [1.54, 1.807) is 51.2 Å². The van der Waals surface area contributed by atoms with E-state index in [1.165, 1.54) is 34.6 Å². The van der Waals surface area contributed by atoms with E-state index in [0.717, 1.165) is 0 Å². The molecule has 37 nitrogen and oxygen atoms in total. The normalized spacial score (nSPS) is 15.2. The van der Waals surface area contributed by atoms with Crippen LogP contribution in [-0.2, 0) is 83.1 Å². The minimum atomic E-state index is -2.08. The Labute approximate surface area is 574 Å². The highest BCUT2D eigenvalue weighted by Crippen LogP contribution is 2.20. The number of aromatic nitrogens is 1. The van der Waals surface area contributed by atoms with E-state index >= 15 is 0 Å². The molecule has 1 heterocycles. The molecule has 0 unspecified atom stereocenters. The third kappa shape index (κ3) is 28.5. The summed E-state index contributed by atoms with van der Waals surface area (Å²) < 4.78 is 0. The Hall–Kier alpha value is -9.53. The SMILES string of the molecule is CC[C@H](C)[C@H](NC(=O)[C@H](CO)NC(=O)[C@H](CC(=O)O)NC(=O)[C@H](CS)NC(=O)[C@@H](NC(=O)[C@H](CO)NC(=O)[C@H](CC(C)C)NC(=O)[C@H](CCC(=O)O)NC(=O)CN)C(C)C)C(=O)N[C@@H](CO)C(=O)N[C@@H](CCC(=O)O)C(=O)N[C@@H](Cc1c[nH]c2ccccc12)C(=O)N[C@H](C(=O)O)C(C)C. The molecule has 0 bridgehead atoms. The molecule has 0 aliphatic heterocycles. The number of nitrogens with one attached hydrogen (secondary N) is 13. The Morgan fingerprint density at radius 2 is 0.838 bits per heavy atom. The Bertz CT molecular complexity index is 3190. The first-order valence-corrected chi connectivity index (χ1v) is 32.3. The number of H-pyrrole nitrogens is 1. The molecular weight excluding hydrogens is 1330 g/mol. The van der Waals surface area contributed by atoms with Gasteiger partial charge in [0.25, 0.3) is 0 Å². The molecule has 0 saturated carbocycles. The molecule has 12 amide bonds. The van der Waals surface area contributed by atoms with Crippen molar-refractivity contribution in [1.82, 2.24) is 68.8 Å². The van der Waals surface area contributed by atoms with Crippen LogP contribution >= 0.6 is 12.6 Å². The number of aliphatic hydroxyl groups excluding tert-OH is 3. The summed E-state index contributed by atoms with van der Waals surface area (Å²) in [5, 5.41) is 97.6. The molecule has 1 aromatic carbocycles. The van der Waals surface area contributed by atoms with Crippen LogP contribution in [-0.4, -0.2) is 240 Å². The Morgan fingerprint density at radius 3 is 1.30 bits per heavy atom. The summed E-state index contributed by atoms with van der Waals surface area (Å²) >= 11 is 4.11. The second kappa shape index (κ2) is 42.3. The standard InChI is InChI=1S/C61H94N14O23S/c1-9-30(8)49(60(96)71-39(23-76)55(91)65-35(15-17-45(82)83)51(87)67-37(54(90)74-48(29(6)7)61(97)98)19-31-22-63-33-13-11-10-12-32(31)33)75-57(93)41(25-78)70-53(89)38(20-46(84)85)68-58(94)42(26-99)72-59(95)47(28(4)5)73-56(92)40(24-77)69-52(88)36(18-27(2)3)66-50(86)34(14-16-44(80)81)64-43(79)21-62/h10-13,22,27-30,34-42,47-49,63,76-78,99H,9,14-21,23-26,62H2,1-8H3,(H,64,79)(H,65,91)(H,66,86)(H,67,87)(H,68,94)(H,69,88)(H,70,89)(H,71,96)(H,72,95)(H,73,92)(H,74,90)(H,75,93)(H,80,81)(H,82,83)(H,84,85)(H,97,98)/t30-,34-,35-,36-,37-,38-,39-,40-,41-,42-,47-,48-,49-/m0/s1. The van der Waals surface area contributed by atoms with Crippen molar-refractivity contribution in [2.24, 2.45) is 29.4 Å². The number of aromatic amines is 1. The van der Waals surface area contributed by atoms with Crippen LogP contribution in [0.3, 0.4) is 0 Å². The maximum Gasteiger partial charge on any atom is 0.326 e. The van der Waals surface area contributed by atoms with Crippen molar-refractivity contribution < 1.29 is 112 Å². The monoisotopic (exact) mass is 1420 g/mol. The van der Waals surface area contributed by atoms with Crippen LogP contribution in [0, 0.1) is 23.7 Å². The molecule has 13 atom stereocenters. The van der Waals surface area contributed by atoms with Gasteiger partial charge in [0.15, 0.2) is 0 Å². The van der Waals surface area contributed by atoms with Crippen LogP contribution < -0.4 is 69.5 Å². The summed E-state index contributed by atoms with van der Waals surface area (Å²) in [6.45, 7) is 8.32. The lowest BCUT2D eigenvalue weighted by molar-refractivity contribution is -0.143. The Kier molecular flexibility index (Phi) is 36.6. The van der Waals surface area contributed by atoms with Gasteiger partial charge in [0.1, 0.15) is 72.5 Å². The molecular formula is C61H94N14O23S.